The van der Waals surface area contributed by atoms with Gasteiger partial charge < -0.3 is 10.6 Å². The summed E-state index contributed by atoms with van der Waals surface area (Å²) in [5, 5.41) is 24.8. The molecule has 0 saturated carbocycles. The van der Waals surface area contributed by atoms with E-state index < -0.39 is 15.9 Å². The van der Waals surface area contributed by atoms with Crippen molar-refractivity contribution in [3.05, 3.63) is 53.6 Å². The number of nitrogens with one attached hydrogen (secondary N) is 2. The molecule has 2 aromatic rings. The van der Waals surface area contributed by atoms with E-state index in [-0.39, 0.29) is 28.2 Å². The number of carbonyl (C=O) groups is 1. The van der Waals surface area contributed by atoms with Crippen LogP contribution in [0.15, 0.2) is 47.4 Å². The molecule has 2 N–H and O–H groups in total. The van der Waals surface area contributed by atoms with Crippen molar-refractivity contribution in [3.8, 4) is 23.3 Å². The summed E-state index contributed by atoms with van der Waals surface area (Å²) in [5.41, 5.74) is 2.53. The standard InChI is InChI=1S/C25H28N4O3S/c1-2-13-33(31,32)24-15-20(10-11-21(24)16-26)19-8-6-18(7-9-19)14-22(17-27)29-25(30)23-5-3-4-12-28-23/h6-11,15,22-23,28H,2-5,12-14H2,1H3,(H,29,30)/t22-,23?/m0/s1. The van der Waals surface area contributed by atoms with Crippen LogP contribution in [0.3, 0.4) is 0 Å². The normalized spacial score (nSPS) is 16.9. The molecule has 1 aliphatic rings. The molecular weight excluding hydrogens is 436 g/mol. The third-order valence-electron chi connectivity index (χ3n) is 5.74. The van der Waals surface area contributed by atoms with Crippen LogP contribution in [0.1, 0.15) is 43.7 Å². The van der Waals surface area contributed by atoms with Crippen molar-refractivity contribution in [1.82, 2.24) is 10.6 Å². The van der Waals surface area contributed by atoms with E-state index in [2.05, 4.69) is 16.7 Å². The Labute approximate surface area is 195 Å². The number of carbonyl (C=O) groups excluding carboxylic acids is 1. The lowest BCUT2D eigenvalue weighted by atomic mass is 9.99. The predicted molar refractivity (Wildman–Crippen MR) is 126 cm³/mol. The zero-order chi connectivity index (χ0) is 23.8. The van der Waals surface area contributed by atoms with Crippen molar-refractivity contribution < 1.29 is 13.2 Å². The minimum Gasteiger partial charge on any atom is -0.339 e. The van der Waals surface area contributed by atoms with Crippen molar-refractivity contribution >= 4 is 15.7 Å². The fourth-order valence-electron chi connectivity index (χ4n) is 3.98. The maximum Gasteiger partial charge on any atom is 0.238 e. The molecule has 33 heavy (non-hydrogen) atoms. The van der Waals surface area contributed by atoms with Crippen LogP contribution in [0.2, 0.25) is 0 Å². The van der Waals surface area contributed by atoms with Crippen molar-refractivity contribution in [3.63, 3.8) is 0 Å². The first-order valence-electron chi connectivity index (χ1n) is 11.2. The van der Waals surface area contributed by atoms with Crippen molar-refractivity contribution in [2.75, 3.05) is 12.3 Å². The molecule has 1 aliphatic heterocycles. The van der Waals surface area contributed by atoms with Gasteiger partial charge in [0.2, 0.25) is 5.91 Å². The SMILES string of the molecule is CCCS(=O)(=O)c1cc(-c2ccc(C[C@@H](C#N)NC(=O)C3CCCCN3)cc2)ccc1C#N. The van der Waals surface area contributed by atoms with Crippen LogP contribution in [0.5, 0.6) is 0 Å². The van der Waals surface area contributed by atoms with Crippen LogP contribution in [0.25, 0.3) is 11.1 Å². The predicted octanol–water partition coefficient (Wildman–Crippen LogP) is 3.10. The van der Waals surface area contributed by atoms with E-state index in [1.807, 2.05) is 30.3 Å². The summed E-state index contributed by atoms with van der Waals surface area (Å²) in [6.45, 7) is 2.60. The molecule has 0 aliphatic carbocycles. The molecule has 1 amide bonds. The van der Waals surface area contributed by atoms with E-state index in [1.165, 1.54) is 6.07 Å². The van der Waals surface area contributed by atoms with Crippen LogP contribution < -0.4 is 10.6 Å². The van der Waals surface area contributed by atoms with Crippen LogP contribution in [-0.4, -0.2) is 38.7 Å². The van der Waals surface area contributed by atoms with Gasteiger partial charge in [0.05, 0.1) is 28.3 Å². The Morgan fingerprint density at radius 3 is 2.48 bits per heavy atom. The molecule has 2 aromatic carbocycles. The largest absolute Gasteiger partial charge is 0.339 e. The summed E-state index contributed by atoms with van der Waals surface area (Å²) in [5.74, 6) is -0.155. The molecular formula is C25H28N4O3S. The zero-order valence-corrected chi connectivity index (χ0v) is 19.5. The van der Waals surface area contributed by atoms with Gasteiger partial charge in [-0.25, -0.2) is 8.42 Å². The van der Waals surface area contributed by atoms with Crippen molar-refractivity contribution in [2.45, 2.75) is 56.0 Å². The van der Waals surface area contributed by atoms with Crippen LogP contribution >= 0.6 is 0 Å². The molecule has 8 heteroatoms. The number of nitrogens with zero attached hydrogens (tertiary/aromatic N) is 2. The minimum absolute atomic E-state index is 0.0122. The number of amides is 1. The van der Waals surface area contributed by atoms with Gasteiger partial charge in [-0.2, -0.15) is 10.5 Å². The second kappa shape index (κ2) is 11.1. The van der Waals surface area contributed by atoms with Crippen molar-refractivity contribution in [2.24, 2.45) is 0 Å². The summed E-state index contributed by atoms with van der Waals surface area (Å²) in [7, 11) is -3.54. The summed E-state index contributed by atoms with van der Waals surface area (Å²) in [4.78, 5) is 12.5. The Kier molecular flexibility index (Phi) is 8.21. The Balaban J connectivity index is 1.74. The number of piperidine rings is 1. The number of benzene rings is 2. The van der Waals surface area contributed by atoms with E-state index in [4.69, 9.17) is 0 Å². The quantitative estimate of drug-likeness (QED) is 0.619. The van der Waals surface area contributed by atoms with Gasteiger partial charge in [0.15, 0.2) is 9.84 Å². The number of hydrogen-bond donors (Lipinski definition) is 2. The molecule has 172 valence electrons. The highest BCUT2D eigenvalue weighted by atomic mass is 32.2. The Hall–Kier alpha value is -3.20. The topological polar surface area (TPSA) is 123 Å². The molecule has 0 spiro atoms. The number of rotatable bonds is 8. The van der Waals surface area contributed by atoms with E-state index >= 15 is 0 Å². The smallest absolute Gasteiger partial charge is 0.238 e. The van der Waals surface area contributed by atoms with Crippen LogP contribution in [-0.2, 0) is 21.1 Å². The Morgan fingerprint density at radius 2 is 1.88 bits per heavy atom. The first kappa shape index (κ1) is 24.4. The molecule has 2 atom stereocenters. The molecule has 1 unspecified atom stereocenters. The average molecular weight is 465 g/mol. The third-order valence-corrected chi connectivity index (χ3v) is 7.69. The number of nitriles is 2. The molecule has 0 bridgehead atoms. The van der Waals surface area contributed by atoms with E-state index in [1.54, 1.807) is 19.1 Å². The summed E-state index contributed by atoms with van der Waals surface area (Å²) in [6, 6.07) is 15.5. The lowest BCUT2D eigenvalue weighted by Crippen LogP contribution is -2.49. The summed E-state index contributed by atoms with van der Waals surface area (Å²) in [6.07, 6.45) is 3.68. The second-order valence-corrected chi connectivity index (χ2v) is 10.3. The van der Waals surface area contributed by atoms with Gasteiger partial charge in [-0.1, -0.05) is 43.7 Å². The molecule has 7 nitrogen and oxygen atoms in total. The fourth-order valence-corrected chi connectivity index (χ4v) is 5.49. The molecule has 0 radical (unpaired) electrons. The Bertz CT molecular complexity index is 1170. The van der Waals surface area contributed by atoms with Crippen molar-refractivity contribution in [1.29, 1.82) is 10.5 Å². The highest BCUT2D eigenvalue weighted by Gasteiger charge is 2.23. The van der Waals surface area contributed by atoms with Gasteiger partial charge in [-0.05, 0) is 54.6 Å². The first-order valence-corrected chi connectivity index (χ1v) is 12.8. The van der Waals surface area contributed by atoms with Gasteiger partial charge in [0.25, 0.3) is 0 Å². The van der Waals surface area contributed by atoms with E-state index in [0.29, 0.717) is 18.4 Å². The molecule has 1 heterocycles. The molecule has 1 fully saturated rings. The van der Waals surface area contributed by atoms with Crippen LogP contribution in [0, 0.1) is 22.7 Å². The lowest BCUT2D eigenvalue weighted by Gasteiger charge is -2.23. The van der Waals surface area contributed by atoms with Gasteiger partial charge in [0, 0.05) is 6.42 Å². The van der Waals surface area contributed by atoms with E-state index in [0.717, 1.165) is 36.9 Å². The maximum atomic E-state index is 12.6. The third kappa shape index (κ3) is 6.19. The molecule has 3 rings (SSSR count). The molecule has 1 saturated heterocycles. The van der Waals surface area contributed by atoms with Gasteiger partial charge in [-0.3, -0.25) is 4.79 Å². The Morgan fingerprint density at radius 1 is 1.15 bits per heavy atom. The van der Waals surface area contributed by atoms with Crippen LogP contribution in [0.4, 0.5) is 0 Å². The summed E-state index contributed by atoms with van der Waals surface area (Å²) < 4.78 is 25.2. The fraction of sp³-hybridized carbons (Fsp3) is 0.400. The minimum atomic E-state index is -3.54. The molecule has 0 aromatic heterocycles. The highest BCUT2D eigenvalue weighted by molar-refractivity contribution is 7.91. The van der Waals surface area contributed by atoms with E-state index in [9.17, 15) is 23.7 Å². The second-order valence-electron chi connectivity index (χ2n) is 8.24. The van der Waals surface area contributed by atoms with Gasteiger partial charge in [0.1, 0.15) is 12.1 Å². The van der Waals surface area contributed by atoms with Gasteiger partial charge in [-0.15, -0.1) is 0 Å². The average Bonchev–Trinajstić information content (AvgIpc) is 2.84. The summed E-state index contributed by atoms with van der Waals surface area (Å²) >= 11 is 0. The first-order chi connectivity index (χ1) is 15.9. The number of sulfone groups is 1. The number of hydrogen-bond acceptors (Lipinski definition) is 6. The highest BCUT2D eigenvalue weighted by Crippen LogP contribution is 2.27. The lowest BCUT2D eigenvalue weighted by molar-refractivity contribution is -0.124. The zero-order valence-electron chi connectivity index (χ0n) is 18.7. The maximum absolute atomic E-state index is 12.6. The monoisotopic (exact) mass is 464 g/mol. The van der Waals surface area contributed by atoms with Gasteiger partial charge >= 0.3 is 0 Å².